The molecule has 0 bridgehead atoms. The summed E-state index contributed by atoms with van der Waals surface area (Å²) in [6.45, 7) is 3.98. The first kappa shape index (κ1) is 22.2. The number of nitrogens with zero attached hydrogens (tertiary/aromatic N) is 7. The molecule has 3 heterocycles. The van der Waals surface area contributed by atoms with Gasteiger partial charge in [0.15, 0.2) is 5.82 Å². The molecule has 0 radical (unpaired) electrons. The van der Waals surface area contributed by atoms with E-state index in [1.165, 1.54) is 5.56 Å². The highest BCUT2D eigenvalue weighted by molar-refractivity contribution is 7.98. The number of hydrogen-bond acceptors (Lipinski definition) is 7. The molecule has 4 aromatic rings. The average molecular weight is 472 g/mol. The lowest BCUT2D eigenvalue weighted by Gasteiger charge is -2.35. The second-order valence-corrected chi connectivity index (χ2v) is 9.07. The number of hydrogen-bond donors (Lipinski definition) is 0. The van der Waals surface area contributed by atoms with E-state index in [0.29, 0.717) is 18.8 Å². The van der Waals surface area contributed by atoms with Gasteiger partial charge in [0, 0.05) is 50.0 Å². The van der Waals surface area contributed by atoms with Crippen molar-refractivity contribution in [2.75, 3.05) is 26.2 Å². The van der Waals surface area contributed by atoms with Crippen LogP contribution < -0.4 is 0 Å². The fourth-order valence-corrected chi connectivity index (χ4v) is 4.96. The summed E-state index contributed by atoms with van der Waals surface area (Å²) in [5.74, 6) is 1.37. The molecule has 2 aromatic carbocycles. The Balaban J connectivity index is 1.23. The van der Waals surface area contributed by atoms with Crippen molar-refractivity contribution in [3.63, 3.8) is 0 Å². The van der Waals surface area contributed by atoms with Crippen molar-refractivity contribution in [3.8, 4) is 5.69 Å². The number of piperazine rings is 1. The molecule has 5 rings (SSSR count). The van der Waals surface area contributed by atoms with Gasteiger partial charge in [-0.3, -0.25) is 14.7 Å². The van der Waals surface area contributed by atoms with Crippen LogP contribution in [0.15, 0.2) is 84.0 Å². The quantitative estimate of drug-likeness (QED) is 0.383. The summed E-state index contributed by atoms with van der Waals surface area (Å²) >= 11 is 1.58. The molecule has 0 aliphatic carbocycles. The summed E-state index contributed by atoms with van der Waals surface area (Å²) in [7, 11) is 0. The number of tetrazole rings is 1. The van der Waals surface area contributed by atoms with E-state index in [1.54, 1.807) is 22.6 Å². The van der Waals surface area contributed by atoms with Gasteiger partial charge < -0.3 is 4.90 Å². The van der Waals surface area contributed by atoms with Crippen LogP contribution in [0.4, 0.5) is 0 Å². The maximum Gasteiger partial charge on any atom is 0.255 e. The summed E-state index contributed by atoms with van der Waals surface area (Å²) in [6.07, 6.45) is 3.69. The third-order valence-electron chi connectivity index (χ3n) is 5.80. The first-order valence-corrected chi connectivity index (χ1v) is 12.2. The van der Waals surface area contributed by atoms with Crippen LogP contribution >= 0.6 is 11.8 Å². The van der Waals surface area contributed by atoms with Gasteiger partial charge in [-0.25, -0.2) is 0 Å². The van der Waals surface area contributed by atoms with E-state index in [0.717, 1.165) is 41.6 Å². The van der Waals surface area contributed by atoms with Crippen molar-refractivity contribution in [2.24, 2.45) is 0 Å². The van der Waals surface area contributed by atoms with Crippen LogP contribution in [0.3, 0.4) is 0 Å². The molecule has 0 unspecified atom stereocenters. The van der Waals surface area contributed by atoms with Crippen molar-refractivity contribution >= 4 is 17.7 Å². The van der Waals surface area contributed by atoms with Crippen molar-refractivity contribution in [1.29, 1.82) is 0 Å². The zero-order chi connectivity index (χ0) is 23.2. The smallest absolute Gasteiger partial charge is 0.255 e. The minimum atomic E-state index is 0.0757. The van der Waals surface area contributed by atoms with Gasteiger partial charge in [-0.1, -0.05) is 36.4 Å². The first-order valence-electron chi connectivity index (χ1n) is 11.2. The number of amides is 1. The second-order valence-electron chi connectivity index (χ2n) is 8.06. The minimum absolute atomic E-state index is 0.0757. The van der Waals surface area contributed by atoms with E-state index >= 15 is 0 Å². The summed E-state index contributed by atoms with van der Waals surface area (Å²) in [6, 6.07) is 21.6. The zero-order valence-corrected chi connectivity index (χ0v) is 19.5. The predicted molar refractivity (Wildman–Crippen MR) is 131 cm³/mol. The number of benzene rings is 2. The Bertz CT molecular complexity index is 1220. The molecule has 1 aliphatic rings. The highest BCUT2D eigenvalue weighted by atomic mass is 32.2. The van der Waals surface area contributed by atoms with Gasteiger partial charge in [0.05, 0.1) is 17.0 Å². The molecular weight excluding hydrogens is 446 g/mol. The molecule has 2 aromatic heterocycles. The normalized spacial score (nSPS) is 14.3. The molecule has 0 spiro atoms. The summed E-state index contributed by atoms with van der Waals surface area (Å²) in [5.41, 5.74) is 2.84. The Kier molecular flexibility index (Phi) is 6.92. The molecule has 172 valence electrons. The first-order chi connectivity index (χ1) is 16.8. The monoisotopic (exact) mass is 471 g/mol. The molecule has 0 saturated carbocycles. The predicted octanol–water partition coefficient (Wildman–Crippen LogP) is 3.31. The second kappa shape index (κ2) is 10.6. The van der Waals surface area contributed by atoms with Gasteiger partial charge >= 0.3 is 0 Å². The molecule has 8 nitrogen and oxygen atoms in total. The van der Waals surface area contributed by atoms with Crippen LogP contribution in [0, 0.1) is 0 Å². The number of para-hydroxylation sites is 1. The van der Waals surface area contributed by atoms with Gasteiger partial charge in [-0.05, 0) is 46.3 Å². The van der Waals surface area contributed by atoms with Gasteiger partial charge in [-0.15, -0.1) is 16.9 Å². The Labute approximate surface area is 202 Å². The molecule has 0 N–H and O–H groups in total. The van der Waals surface area contributed by atoms with Crippen LogP contribution in [0.25, 0.3) is 5.69 Å². The molecule has 1 saturated heterocycles. The Morgan fingerprint density at radius 3 is 2.50 bits per heavy atom. The lowest BCUT2D eigenvalue weighted by atomic mass is 10.1. The van der Waals surface area contributed by atoms with Crippen molar-refractivity contribution in [2.45, 2.75) is 17.2 Å². The molecular formula is C25H25N7OS. The number of rotatable bonds is 7. The topological polar surface area (TPSA) is 80.0 Å². The van der Waals surface area contributed by atoms with Crippen LogP contribution in [0.2, 0.25) is 0 Å². The highest BCUT2D eigenvalue weighted by Crippen LogP contribution is 2.27. The van der Waals surface area contributed by atoms with Crippen molar-refractivity contribution < 1.29 is 4.79 Å². The van der Waals surface area contributed by atoms with Crippen LogP contribution in [-0.2, 0) is 12.3 Å². The van der Waals surface area contributed by atoms with E-state index in [1.807, 2.05) is 71.8 Å². The van der Waals surface area contributed by atoms with E-state index in [4.69, 9.17) is 0 Å². The number of carbonyl (C=O) groups is 1. The highest BCUT2D eigenvalue weighted by Gasteiger charge is 2.24. The van der Waals surface area contributed by atoms with Crippen LogP contribution in [-0.4, -0.2) is 67.1 Å². The average Bonchev–Trinajstić information content (AvgIpc) is 3.38. The maximum absolute atomic E-state index is 13.4. The Morgan fingerprint density at radius 1 is 0.912 bits per heavy atom. The fourth-order valence-electron chi connectivity index (χ4n) is 4.01. The number of carbonyl (C=O) groups excluding carboxylic acids is 1. The number of thioether (sulfide) groups is 1. The van der Waals surface area contributed by atoms with Crippen molar-refractivity contribution in [1.82, 2.24) is 35.0 Å². The van der Waals surface area contributed by atoms with E-state index < -0.39 is 0 Å². The number of aromatic nitrogens is 5. The minimum Gasteiger partial charge on any atom is -0.336 e. The molecule has 0 atom stereocenters. The van der Waals surface area contributed by atoms with Gasteiger partial charge in [0.25, 0.3) is 5.91 Å². The zero-order valence-electron chi connectivity index (χ0n) is 18.7. The lowest BCUT2D eigenvalue weighted by Crippen LogP contribution is -2.48. The fraction of sp³-hybridized carbons (Fsp3) is 0.240. The lowest BCUT2D eigenvalue weighted by molar-refractivity contribution is 0.0625. The standard InChI is InChI=1S/C25H25N7OS/c33-25(31-15-13-30(14-16-31)18-20-7-6-12-26-17-20)22-10-4-5-11-23(22)34-19-24-27-28-29-32(24)21-8-2-1-3-9-21/h1-12,17H,13-16,18-19H2. The molecule has 9 heteroatoms. The molecule has 1 fully saturated rings. The molecule has 1 aliphatic heterocycles. The van der Waals surface area contributed by atoms with E-state index in [-0.39, 0.29) is 5.91 Å². The van der Waals surface area contributed by atoms with Gasteiger partial charge in [0.2, 0.25) is 0 Å². The third-order valence-corrected chi connectivity index (χ3v) is 6.87. The largest absolute Gasteiger partial charge is 0.336 e. The third kappa shape index (κ3) is 5.16. The number of pyridine rings is 1. The van der Waals surface area contributed by atoms with Crippen LogP contribution in [0.1, 0.15) is 21.7 Å². The molecule has 1 amide bonds. The SMILES string of the molecule is O=C(c1ccccc1SCc1nnnn1-c1ccccc1)N1CCN(Cc2cccnc2)CC1. The van der Waals surface area contributed by atoms with E-state index in [2.05, 4.69) is 31.5 Å². The summed E-state index contributed by atoms with van der Waals surface area (Å²) in [4.78, 5) is 22.8. The Morgan fingerprint density at radius 2 is 1.71 bits per heavy atom. The molecule has 34 heavy (non-hydrogen) atoms. The van der Waals surface area contributed by atoms with Crippen LogP contribution in [0.5, 0.6) is 0 Å². The summed E-state index contributed by atoms with van der Waals surface area (Å²) in [5, 5.41) is 12.2. The van der Waals surface area contributed by atoms with E-state index in [9.17, 15) is 4.79 Å². The van der Waals surface area contributed by atoms with Gasteiger partial charge in [-0.2, -0.15) is 4.68 Å². The van der Waals surface area contributed by atoms with Gasteiger partial charge in [0.1, 0.15) is 0 Å². The summed E-state index contributed by atoms with van der Waals surface area (Å²) < 4.78 is 1.74. The Hall–Kier alpha value is -3.56. The maximum atomic E-state index is 13.4. The van der Waals surface area contributed by atoms with Crippen molar-refractivity contribution in [3.05, 3.63) is 96.1 Å².